The van der Waals surface area contributed by atoms with Gasteiger partial charge in [0.1, 0.15) is 5.75 Å². The second-order valence-electron chi connectivity index (χ2n) is 4.75. The van der Waals surface area contributed by atoms with Crippen molar-refractivity contribution in [3.05, 3.63) is 29.8 Å². The van der Waals surface area contributed by atoms with Gasteiger partial charge in [0, 0.05) is 4.75 Å². The van der Waals surface area contributed by atoms with Crippen LogP contribution >= 0.6 is 11.8 Å². The van der Waals surface area contributed by atoms with Crippen LogP contribution in [0.15, 0.2) is 24.3 Å². The van der Waals surface area contributed by atoms with E-state index in [4.69, 9.17) is 4.74 Å². The van der Waals surface area contributed by atoms with Crippen LogP contribution in [0.2, 0.25) is 0 Å². The summed E-state index contributed by atoms with van der Waals surface area (Å²) < 4.78 is 5.57. The minimum Gasteiger partial charge on any atom is -0.493 e. The summed E-state index contributed by atoms with van der Waals surface area (Å²) >= 11 is 1.66. The van der Waals surface area contributed by atoms with Crippen molar-refractivity contribution in [1.29, 1.82) is 0 Å². The third-order valence-corrected chi connectivity index (χ3v) is 3.40. The average molecular weight is 252 g/mol. The number of rotatable bonds is 5. The van der Waals surface area contributed by atoms with Gasteiger partial charge in [-0.1, -0.05) is 32.9 Å². The number of Topliss-reactive ketones (excluding diaryl/α,β-unsaturated/α-hetero) is 1. The van der Waals surface area contributed by atoms with Gasteiger partial charge in [0.05, 0.1) is 17.9 Å². The molecule has 17 heavy (non-hydrogen) atoms. The fourth-order valence-corrected chi connectivity index (χ4v) is 2.06. The molecule has 0 amide bonds. The zero-order chi connectivity index (χ0) is 12.9. The molecule has 0 N–H and O–H groups in total. The molecule has 0 aromatic heterocycles. The number of carbonyl (C=O) groups excluding carboxylic acids is 1. The van der Waals surface area contributed by atoms with Crippen molar-refractivity contribution in [2.24, 2.45) is 0 Å². The van der Waals surface area contributed by atoms with Crippen molar-refractivity contribution in [2.45, 2.75) is 32.4 Å². The maximum atomic E-state index is 12.1. The van der Waals surface area contributed by atoms with Gasteiger partial charge in [-0.05, 0) is 19.1 Å². The number of hydrogen-bond donors (Lipinski definition) is 0. The zero-order valence-electron chi connectivity index (χ0n) is 10.9. The summed E-state index contributed by atoms with van der Waals surface area (Å²) in [6.45, 7) is 8.83. The monoisotopic (exact) mass is 252 g/mol. The Morgan fingerprint density at radius 1 is 1.29 bits per heavy atom. The van der Waals surface area contributed by atoms with Crippen molar-refractivity contribution in [2.75, 3.05) is 12.4 Å². The molecule has 0 unspecified atom stereocenters. The molecule has 1 rings (SSSR count). The second kappa shape index (κ2) is 6.10. The number of ketones is 1. The fraction of sp³-hybridized carbons (Fsp3) is 0.500. The van der Waals surface area contributed by atoms with Gasteiger partial charge in [0.25, 0.3) is 0 Å². The van der Waals surface area contributed by atoms with E-state index in [1.54, 1.807) is 11.8 Å². The third-order valence-electron chi connectivity index (χ3n) is 2.12. The van der Waals surface area contributed by atoms with Gasteiger partial charge in [-0.25, -0.2) is 0 Å². The predicted octanol–water partition coefficient (Wildman–Crippen LogP) is 3.80. The van der Waals surface area contributed by atoms with Crippen LogP contribution in [0.4, 0.5) is 0 Å². The van der Waals surface area contributed by atoms with Gasteiger partial charge in [-0.2, -0.15) is 0 Å². The van der Waals surface area contributed by atoms with E-state index in [0.717, 1.165) is 0 Å². The molecule has 0 fully saturated rings. The molecule has 0 aliphatic heterocycles. The van der Waals surface area contributed by atoms with E-state index in [2.05, 4.69) is 20.8 Å². The first-order valence-electron chi connectivity index (χ1n) is 5.83. The zero-order valence-corrected chi connectivity index (χ0v) is 11.8. The molecule has 0 aliphatic rings. The fourth-order valence-electron chi connectivity index (χ4n) is 1.34. The van der Waals surface area contributed by atoms with Crippen LogP contribution in [0.1, 0.15) is 38.1 Å². The molecule has 0 saturated heterocycles. The van der Waals surface area contributed by atoms with Crippen molar-refractivity contribution in [3.63, 3.8) is 0 Å². The maximum Gasteiger partial charge on any atom is 0.176 e. The topological polar surface area (TPSA) is 26.3 Å². The molecule has 0 saturated carbocycles. The molecule has 0 heterocycles. The van der Waals surface area contributed by atoms with Crippen LogP contribution in [-0.4, -0.2) is 22.9 Å². The SMILES string of the molecule is CCOc1ccccc1C(=O)CSC(C)(C)C. The van der Waals surface area contributed by atoms with Gasteiger partial charge < -0.3 is 4.74 Å². The highest BCUT2D eigenvalue weighted by molar-refractivity contribution is 8.01. The Morgan fingerprint density at radius 2 is 1.94 bits per heavy atom. The molecule has 1 aromatic carbocycles. The van der Waals surface area contributed by atoms with E-state index in [1.807, 2.05) is 31.2 Å². The summed E-state index contributed by atoms with van der Waals surface area (Å²) in [6.07, 6.45) is 0. The number of benzene rings is 1. The lowest BCUT2D eigenvalue weighted by atomic mass is 10.1. The Bertz CT molecular complexity index is 380. The quantitative estimate of drug-likeness (QED) is 0.746. The normalized spacial score (nSPS) is 11.3. The molecule has 2 nitrogen and oxygen atoms in total. The Labute approximate surface area is 108 Å². The molecule has 1 aromatic rings. The van der Waals surface area contributed by atoms with E-state index in [9.17, 15) is 4.79 Å². The minimum absolute atomic E-state index is 0.107. The van der Waals surface area contributed by atoms with Gasteiger partial charge in [-0.3, -0.25) is 4.79 Å². The van der Waals surface area contributed by atoms with Crippen LogP contribution in [0, 0.1) is 0 Å². The van der Waals surface area contributed by atoms with Crippen LogP contribution < -0.4 is 4.74 Å². The van der Waals surface area contributed by atoms with E-state index in [0.29, 0.717) is 23.7 Å². The number of carbonyl (C=O) groups is 1. The summed E-state index contributed by atoms with van der Waals surface area (Å²) in [5.74, 6) is 1.32. The molecule has 0 aliphatic carbocycles. The van der Waals surface area contributed by atoms with Gasteiger partial charge in [0.15, 0.2) is 5.78 Å². The molecule has 0 radical (unpaired) electrons. The first-order valence-corrected chi connectivity index (χ1v) is 6.81. The lowest BCUT2D eigenvalue weighted by Crippen LogP contribution is -2.14. The van der Waals surface area contributed by atoms with E-state index in [-0.39, 0.29) is 10.5 Å². The van der Waals surface area contributed by atoms with E-state index >= 15 is 0 Å². The highest BCUT2D eigenvalue weighted by atomic mass is 32.2. The summed E-state index contributed by atoms with van der Waals surface area (Å²) in [5, 5.41) is 0. The third kappa shape index (κ3) is 4.82. The smallest absolute Gasteiger partial charge is 0.176 e. The second-order valence-corrected chi connectivity index (χ2v) is 6.56. The predicted molar refractivity (Wildman–Crippen MR) is 74.2 cm³/mol. The highest BCUT2D eigenvalue weighted by Crippen LogP contribution is 2.26. The molecule has 0 atom stereocenters. The molecule has 94 valence electrons. The molecular weight excluding hydrogens is 232 g/mol. The van der Waals surface area contributed by atoms with Crippen LogP contribution in [0.3, 0.4) is 0 Å². The first kappa shape index (κ1) is 14.1. The first-order chi connectivity index (χ1) is 7.94. The molecular formula is C14H20O2S. The number of hydrogen-bond acceptors (Lipinski definition) is 3. The van der Waals surface area contributed by atoms with Crippen LogP contribution in [0.25, 0.3) is 0 Å². The van der Waals surface area contributed by atoms with Gasteiger partial charge in [-0.15, -0.1) is 11.8 Å². The summed E-state index contributed by atoms with van der Waals surface area (Å²) in [5.41, 5.74) is 0.686. The molecule has 0 bridgehead atoms. The summed E-state index contributed by atoms with van der Waals surface area (Å²) in [7, 11) is 0. The Balaban J connectivity index is 2.74. The summed E-state index contributed by atoms with van der Waals surface area (Å²) in [6, 6.07) is 7.44. The Morgan fingerprint density at radius 3 is 2.53 bits per heavy atom. The van der Waals surface area contributed by atoms with E-state index < -0.39 is 0 Å². The van der Waals surface area contributed by atoms with Crippen LogP contribution in [-0.2, 0) is 0 Å². The maximum absolute atomic E-state index is 12.1. The van der Waals surface area contributed by atoms with Gasteiger partial charge in [0.2, 0.25) is 0 Å². The Kier molecular flexibility index (Phi) is 5.06. The highest BCUT2D eigenvalue weighted by Gasteiger charge is 2.16. The lowest BCUT2D eigenvalue weighted by Gasteiger charge is -2.17. The van der Waals surface area contributed by atoms with Crippen molar-refractivity contribution >= 4 is 17.5 Å². The van der Waals surface area contributed by atoms with E-state index in [1.165, 1.54) is 0 Å². The molecule has 0 spiro atoms. The lowest BCUT2D eigenvalue weighted by molar-refractivity contribution is 0.101. The largest absolute Gasteiger partial charge is 0.493 e. The Hall–Kier alpha value is -0.960. The summed E-state index contributed by atoms with van der Waals surface area (Å²) in [4.78, 5) is 12.1. The standard InChI is InChI=1S/C14H20O2S/c1-5-16-13-9-7-6-8-11(13)12(15)10-17-14(2,3)4/h6-9H,5,10H2,1-4H3. The number of thioether (sulfide) groups is 1. The van der Waals surface area contributed by atoms with Crippen LogP contribution in [0.5, 0.6) is 5.75 Å². The van der Waals surface area contributed by atoms with Crippen molar-refractivity contribution < 1.29 is 9.53 Å². The van der Waals surface area contributed by atoms with Crippen molar-refractivity contribution in [3.8, 4) is 5.75 Å². The van der Waals surface area contributed by atoms with Crippen molar-refractivity contribution in [1.82, 2.24) is 0 Å². The van der Waals surface area contributed by atoms with Gasteiger partial charge >= 0.3 is 0 Å². The molecule has 3 heteroatoms. The average Bonchev–Trinajstić information content (AvgIpc) is 2.26. The minimum atomic E-state index is 0.107. The number of para-hydroxylation sites is 1. The number of ether oxygens (including phenoxy) is 1.